The monoisotopic (exact) mass is 359 g/mol. The molecule has 0 aromatic rings. The van der Waals surface area contributed by atoms with Crippen LogP contribution in [-0.4, -0.2) is 48.9 Å². The van der Waals surface area contributed by atoms with Crippen LogP contribution in [0.4, 0.5) is 0 Å². The Kier molecular flexibility index (Phi) is 14.8. The molecule has 13 N–H and O–H groups in total. The van der Waals surface area contributed by atoms with Crippen LogP contribution in [0, 0.1) is 0 Å². The van der Waals surface area contributed by atoms with Gasteiger partial charge in [-0.15, -0.1) is 0 Å². The number of amides is 2. The number of nitrogens with two attached hydrogens (primary N) is 6. The zero-order chi connectivity index (χ0) is 19.8. The number of hydrogen-bond donors (Lipinski definition) is 7. The minimum atomic E-state index is -0.819. The maximum Gasteiger partial charge on any atom is 0.240 e. The van der Waals surface area contributed by atoms with Gasteiger partial charge in [0.15, 0.2) is 11.9 Å². The van der Waals surface area contributed by atoms with Gasteiger partial charge in [-0.05, 0) is 25.7 Å². The van der Waals surface area contributed by atoms with Gasteiger partial charge in [0.25, 0.3) is 0 Å². The molecular weight excluding hydrogens is 326 g/mol. The fourth-order valence-electron chi connectivity index (χ4n) is 1.72. The standard InChI is InChI=1S/C12H27N9O2.C2H6/c13-7(3-1-5-19-11(15)16)10(23)21-8(9(14)22)4-2-6-20-12(17)18;1-2/h7-8H,1-6,13H2,(H2,14,22)(H,21,23)(H4,15,16,19)(H4,17,18,20);1-2H3. The number of nitrogens with one attached hydrogen (secondary N) is 1. The molecule has 0 heterocycles. The van der Waals surface area contributed by atoms with E-state index in [9.17, 15) is 9.59 Å². The Hall–Kier alpha value is -2.56. The lowest BCUT2D eigenvalue weighted by Gasteiger charge is -2.18. The van der Waals surface area contributed by atoms with Crippen LogP contribution in [0.1, 0.15) is 39.5 Å². The van der Waals surface area contributed by atoms with Crippen LogP contribution >= 0.6 is 0 Å². The van der Waals surface area contributed by atoms with Crippen LogP contribution in [0.3, 0.4) is 0 Å². The lowest BCUT2D eigenvalue weighted by Crippen LogP contribution is -2.50. The number of hydrogen-bond acceptors (Lipinski definition) is 5. The molecule has 2 atom stereocenters. The van der Waals surface area contributed by atoms with Gasteiger partial charge in [-0.1, -0.05) is 13.8 Å². The van der Waals surface area contributed by atoms with E-state index in [2.05, 4.69) is 15.3 Å². The molecule has 0 radical (unpaired) electrons. The van der Waals surface area contributed by atoms with Gasteiger partial charge in [0.2, 0.25) is 11.8 Å². The van der Waals surface area contributed by atoms with Crippen LogP contribution in [0.15, 0.2) is 9.98 Å². The van der Waals surface area contributed by atoms with Gasteiger partial charge < -0.3 is 39.7 Å². The maximum atomic E-state index is 11.9. The van der Waals surface area contributed by atoms with Crippen molar-refractivity contribution in [1.29, 1.82) is 0 Å². The third kappa shape index (κ3) is 14.7. The minimum absolute atomic E-state index is 0.0161. The highest BCUT2D eigenvalue weighted by molar-refractivity contribution is 5.88. The molecule has 146 valence electrons. The van der Waals surface area contributed by atoms with E-state index in [1.165, 1.54) is 0 Å². The number of guanidine groups is 2. The summed E-state index contributed by atoms with van der Waals surface area (Å²) in [6, 6.07) is -1.59. The summed E-state index contributed by atoms with van der Waals surface area (Å²) in [5.74, 6) is -1.15. The summed E-state index contributed by atoms with van der Waals surface area (Å²) in [6.07, 6.45) is 1.73. The van der Waals surface area contributed by atoms with E-state index in [4.69, 9.17) is 34.4 Å². The molecule has 11 heteroatoms. The van der Waals surface area contributed by atoms with Crippen LogP contribution in [0.5, 0.6) is 0 Å². The summed E-state index contributed by atoms with van der Waals surface area (Å²) >= 11 is 0. The first-order chi connectivity index (χ1) is 11.7. The second-order valence-electron chi connectivity index (χ2n) is 4.97. The van der Waals surface area contributed by atoms with Crippen molar-refractivity contribution in [2.24, 2.45) is 44.4 Å². The molecular formula is C14H33N9O2. The lowest BCUT2D eigenvalue weighted by molar-refractivity contribution is -0.128. The first-order valence-corrected chi connectivity index (χ1v) is 8.20. The summed E-state index contributed by atoms with van der Waals surface area (Å²) in [4.78, 5) is 30.9. The van der Waals surface area contributed by atoms with E-state index in [-0.39, 0.29) is 11.9 Å². The summed E-state index contributed by atoms with van der Waals surface area (Å²) in [5, 5.41) is 2.52. The normalized spacial score (nSPS) is 12.0. The Morgan fingerprint density at radius 1 is 0.880 bits per heavy atom. The smallest absolute Gasteiger partial charge is 0.240 e. The van der Waals surface area contributed by atoms with Gasteiger partial charge in [-0.2, -0.15) is 0 Å². The SMILES string of the molecule is CC.NC(=O)C(CCCN=C(N)N)NC(=O)C(N)CCCN=C(N)N. The highest BCUT2D eigenvalue weighted by Gasteiger charge is 2.21. The molecule has 0 spiro atoms. The molecule has 2 unspecified atom stereocenters. The Bertz CT molecular complexity index is 444. The summed E-state index contributed by atoms with van der Waals surface area (Å²) in [7, 11) is 0. The van der Waals surface area contributed by atoms with E-state index >= 15 is 0 Å². The molecule has 0 aliphatic rings. The van der Waals surface area contributed by atoms with Gasteiger partial charge in [0, 0.05) is 13.1 Å². The van der Waals surface area contributed by atoms with Crippen molar-refractivity contribution in [1.82, 2.24) is 5.32 Å². The third-order valence-electron chi connectivity index (χ3n) is 2.91. The van der Waals surface area contributed by atoms with E-state index in [0.29, 0.717) is 38.8 Å². The number of nitrogens with zero attached hydrogens (tertiary/aromatic N) is 2. The van der Waals surface area contributed by atoms with E-state index in [0.717, 1.165) is 0 Å². The highest BCUT2D eigenvalue weighted by Crippen LogP contribution is 2.01. The number of primary amides is 1. The summed E-state index contributed by atoms with van der Waals surface area (Å²) in [5.41, 5.74) is 31.8. The van der Waals surface area contributed by atoms with Gasteiger partial charge in [0.1, 0.15) is 6.04 Å². The zero-order valence-corrected chi connectivity index (χ0v) is 15.1. The third-order valence-corrected chi connectivity index (χ3v) is 2.91. The average Bonchev–Trinajstić information content (AvgIpc) is 2.55. The van der Waals surface area contributed by atoms with Gasteiger partial charge in [-0.3, -0.25) is 19.6 Å². The van der Waals surface area contributed by atoms with Gasteiger partial charge in [0.05, 0.1) is 6.04 Å². The second-order valence-corrected chi connectivity index (χ2v) is 4.97. The van der Waals surface area contributed by atoms with Crippen LogP contribution in [0.2, 0.25) is 0 Å². The molecule has 0 aromatic carbocycles. The number of aliphatic imine (C=N–C) groups is 2. The predicted molar refractivity (Wildman–Crippen MR) is 100 cm³/mol. The van der Waals surface area contributed by atoms with E-state index in [1.807, 2.05) is 13.8 Å². The molecule has 0 aliphatic carbocycles. The number of carbonyl (C=O) groups excluding carboxylic acids is 2. The molecule has 2 amide bonds. The Morgan fingerprint density at radius 3 is 1.72 bits per heavy atom. The Labute approximate surface area is 148 Å². The van der Waals surface area contributed by atoms with Crippen molar-refractivity contribution in [3.8, 4) is 0 Å². The average molecular weight is 359 g/mol. The van der Waals surface area contributed by atoms with Crippen molar-refractivity contribution in [3.05, 3.63) is 0 Å². The van der Waals surface area contributed by atoms with E-state index < -0.39 is 23.9 Å². The van der Waals surface area contributed by atoms with Crippen LogP contribution < -0.4 is 39.7 Å². The molecule has 11 nitrogen and oxygen atoms in total. The van der Waals surface area contributed by atoms with Crippen molar-refractivity contribution in [3.63, 3.8) is 0 Å². The first kappa shape index (κ1) is 24.7. The first-order valence-electron chi connectivity index (χ1n) is 8.20. The minimum Gasteiger partial charge on any atom is -0.370 e. The number of carbonyl (C=O) groups is 2. The van der Waals surface area contributed by atoms with Crippen molar-refractivity contribution >= 4 is 23.7 Å². The fraction of sp³-hybridized carbons (Fsp3) is 0.714. The molecule has 0 aromatic heterocycles. The largest absolute Gasteiger partial charge is 0.370 e. The van der Waals surface area contributed by atoms with Crippen molar-refractivity contribution < 1.29 is 9.59 Å². The van der Waals surface area contributed by atoms with Crippen LogP contribution in [0.25, 0.3) is 0 Å². The van der Waals surface area contributed by atoms with Gasteiger partial charge in [-0.25, -0.2) is 0 Å². The highest BCUT2D eigenvalue weighted by atomic mass is 16.2. The molecule has 0 saturated heterocycles. The quantitative estimate of drug-likeness (QED) is 0.118. The van der Waals surface area contributed by atoms with Crippen LogP contribution in [-0.2, 0) is 9.59 Å². The Morgan fingerprint density at radius 2 is 1.32 bits per heavy atom. The molecule has 0 aliphatic heterocycles. The molecule has 25 heavy (non-hydrogen) atoms. The topological polar surface area (TPSA) is 227 Å². The Balaban J connectivity index is 0. The zero-order valence-electron chi connectivity index (χ0n) is 15.1. The predicted octanol–water partition coefficient (Wildman–Crippen LogP) is -2.58. The van der Waals surface area contributed by atoms with Crippen molar-refractivity contribution in [2.45, 2.75) is 51.6 Å². The lowest BCUT2D eigenvalue weighted by atomic mass is 10.1. The second kappa shape index (κ2) is 15.0. The molecule has 0 saturated carbocycles. The van der Waals surface area contributed by atoms with E-state index in [1.54, 1.807) is 0 Å². The summed E-state index contributed by atoms with van der Waals surface area (Å²) < 4.78 is 0. The van der Waals surface area contributed by atoms with Crippen molar-refractivity contribution in [2.75, 3.05) is 13.1 Å². The maximum absolute atomic E-state index is 11.9. The fourth-order valence-corrected chi connectivity index (χ4v) is 1.72. The number of rotatable bonds is 11. The molecule has 0 fully saturated rings. The van der Waals surface area contributed by atoms with Gasteiger partial charge >= 0.3 is 0 Å². The summed E-state index contributed by atoms with van der Waals surface area (Å²) in [6.45, 7) is 4.72. The molecule has 0 rings (SSSR count). The molecule has 0 bridgehead atoms.